The van der Waals surface area contributed by atoms with Gasteiger partial charge in [-0.3, -0.25) is 0 Å². The Kier molecular flexibility index (Phi) is 4.88. The summed E-state index contributed by atoms with van der Waals surface area (Å²) in [6.45, 7) is 7.66. The molecule has 0 radical (unpaired) electrons. The maximum absolute atomic E-state index is 12.1. The summed E-state index contributed by atoms with van der Waals surface area (Å²) >= 11 is 0. The lowest BCUT2D eigenvalue weighted by Gasteiger charge is -2.32. The van der Waals surface area contributed by atoms with E-state index >= 15 is 0 Å². The average Bonchev–Trinajstić information content (AvgIpc) is 3.31. The molecule has 1 atom stereocenters. The van der Waals surface area contributed by atoms with Crippen LogP contribution in [0.25, 0.3) is 0 Å². The van der Waals surface area contributed by atoms with Crippen LogP contribution in [0, 0.1) is 13.8 Å². The van der Waals surface area contributed by atoms with Gasteiger partial charge in [0.05, 0.1) is 6.54 Å². The van der Waals surface area contributed by atoms with Crippen LogP contribution >= 0.6 is 0 Å². The van der Waals surface area contributed by atoms with Gasteiger partial charge in [-0.25, -0.2) is 4.79 Å². The van der Waals surface area contributed by atoms with Gasteiger partial charge in [0.25, 0.3) is 0 Å². The molecule has 2 heterocycles. The number of rotatable bonds is 5. The second-order valence-electron chi connectivity index (χ2n) is 7.47. The van der Waals surface area contributed by atoms with E-state index in [1.54, 1.807) is 6.92 Å². The Morgan fingerprint density at radius 1 is 1.33 bits per heavy atom. The highest BCUT2D eigenvalue weighted by Gasteiger charge is 2.32. The van der Waals surface area contributed by atoms with Crippen LogP contribution < -0.4 is 10.6 Å². The van der Waals surface area contributed by atoms with Crippen molar-refractivity contribution in [2.45, 2.75) is 64.1 Å². The van der Waals surface area contributed by atoms with E-state index in [9.17, 15) is 9.90 Å². The Balaban J connectivity index is 1.44. The minimum atomic E-state index is -1.14. The number of carbonyl (C=O) groups is 1. The van der Waals surface area contributed by atoms with Crippen LogP contribution in [0.5, 0.6) is 0 Å². The van der Waals surface area contributed by atoms with Gasteiger partial charge < -0.3 is 25.1 Å². The molecule has 6 nitrogen and oxygen atoms in total. The molecule has 0 spiro atoms. The third-order valence-electron chi connectivity index (χ3n) is 5.14. The number of amides is 2. The standard InChI is InChI=1S/C18H29N3O3/c1-12-10-16(13(2)24-12)18(3,23)11-19-17(22)20-14-6-8-21(9-7-14)15-4-5-15/h10,14-15,23H,4-9,11H2,1-3H3,(H2,19,20,22). The minimum absolute atomic E-state index is 0.152. The zero-order valence-electron chi connectivity index (χ0n) is 14.9. The van der Waals surface area contributed by atoms with Crippen LogP contribution in [-0.4, -0.2) is 47.8 Å². The fraction of sp³-hybridized carbons (Fsp3) is 0.722. The highest BCUT2D eigenvalue weighted by molar-refractivity contribution is 5.74. The summed E-state index contributed by atoms with van der Waals surface area (Å²) in [7, 11) is 0. The molecule has 6 heteroatoms. The number of hydrogen-bond acceptors (Lipinski definition) is 4. The summed E-state index contributed by atoms with van der Waals surface area (Å²) in [6.07, 6.45) is 4.67. The van der Waals surface area contributed by atoms with E-state index in [2.05, 4.69) is 15.5 Å². The largest absolute Gasteiger partial charge is 0.466 e. The van der Waals surface area contributed by atoms with E-state index in [1.807, 2.05) is 19.9 Å². The molecule has 1 aliphatic carbocycles. The van der Waals surface area contributed by atoms with Gasteiger partial charge in [0.1, 0.15) is 17.1 Å². The van der Waals surface area contributed by atoms with E-state index in [1.165, 1.54) is 12.8 Å². The first-order valence-corrected chi connectivity index (χ1v) is 8.93. The topological polar surface area (TPSA) is 77.7 Å². The lowest BCUT2D eigenvalue weighted by Crippen LogP contribution is -2.50. The molecule has 134 valence electrons. The second kappa shape index (κ2) is 6.76. The first-order chi connectivity index (χ1) is 11.3. The molecule has 1 unspecified atom stereocenters. The Bertz CT molecular complexity index is 584. The van der Waals surface area contributed by atoms with Gasteiger partial charge in [0.2, 0.25) is 0 Å². The maximum Gasteiger partial charge on any atom is 0.315 e. The van der Waals surface area contributed by atoms with Gasteiger partial charge >= 0.3 is 6.03 Å². The third kappa shape index (κ3) is 4.11. The van der Waals surface area contributed by atoms with E-state index in [-0.39, 0.29) is 18.6 Å². The lowest BCUT2D eigenvalue weighted by molar-refractivity contribution is 0.0576. The fourth-order valence-corrected chi connectivity index (χ4v) is 3.60. The summed E-state index contributed by atoms with van der Waals surface area (Å²) in [5.74, 6) is 1.45. The zero-order chi connectivity index (χ0) is 17.3. The molecule has 1 aromatic rings. The predicted octanol–water partition coefficient (Wildman–Crippen LogP) is 2.03. The number of urea groups is 1. The van der Waals surface area contributed by atoms with E-state index < -0.39 is 5.60 Å². The average molecular weight is 335 g/mol. The molecule has 2 aliphatic rings. The van der Waals surface area contributed by atoms with Crippen molar-refractivity contribution in [1.29, 1.82) is 0 Å². The highest BCUT2D eigenvalue weighted by atomic mass is 16.3. The van der Waals surface area contributed by atoms with Gasteiger partial charge in [0.15, 0.2) is 0 Å². The van der Waals surface area contributed by atoms with Gasteiger partial charge in [-0.05, 0) is 52.5 Å². The van der Waals surface area contributed by atoms with Gasteiger partial charge in [-0.15, -0.1) is 0 Å². The predicted molar refractivity (Wildman–Crippen MR) is 91.9 cm³/mol. The number of aryl methyl sites for hydroxylation is 2. The highest BCUT2D eigenvalue weighted by Crippen LogP contribution is 2.29. The summed E-state index contributed by atoms with van der Waals surface area (Å²) in [5, 5.41) is 16.5. The number of nitrogens with one attached hydrogen (secondary N) is 2. The van der Waals surface area contributed by atoms with Crippen LogP contribution in [0.3, 0.4) is 0 Å². The van der Waals surface area contributed by atoms with Crippen molar-refractivity contribution < 1.29 is 14.3 Å². The summed E-state index contributed by atoms with van der Waals surface area (Å²) in [6, 6.07) is 2.64. The van der Waals surface area contributed by atoms with Crippen LogP contribution in [0.1, 0.15) is 49.7 Å². The lowest BCUT2D eigenvalue weighted by atomic mass is 9.96. The molecule has 3 rings (SSSR count). The Morgan fingerprint density at radius 3 is 2.54 bits per heavy atom. The molecule has 1 aliphatic heterocycles. The normalized spacial score (nSPS) is 22.2. The summed E-state index contributed by atoms with van der Waals surface area (Å²) in [4.78, 5) is 14.7. The van der Waals surface area contributed by atoms with Crippen molar-refractivity contribution in [3.8, 4) is 0 Å². The number of furan rings is 1. The third-order valence-corrected chi connectivity index (χ3v) is 5.14. The summed E-state index contributed by atoms with van der Waals surface area (Å²) < 4.78 is 5.47. The van der Waals surface area contributed by atoms with Crippen LogP contribution in [0.15, 0.2) is 10.5 Å². The van der Waals surface area contributed by atoms with Crippen molar-refractivity contribution in [3.63, 3.8) is 0 Å². The molecule has 1 aromatic heterocycles. The molecular weight excluding hydrogens is 306 g/mol. The van der Waals surface area contributed by atoms with Crippen molar-refractivity contribution in [1.82, 2.24) is 15.5 Å². The SMILES string of the molecule is Cc1cc(C(C)(O)CNC(=O)NC2CCN(C3CC3)CC2)c(C)o1. The first kappa shape index (κ1) is 17.3. The Morgan fingerprint density at radius 2 is 2.00 bits per heavy atom. The molecule has 3 N–H and O–H groups in total. The minimum Gasteiger partial charge on any atom is -0.466 e. The van der Waals surface area contributed by atoms with Crippen LogP contribution in [-0.2, 0) is 5.60 Å². The Labute approximate surface area is 143 Å². The Hall–Kier alpha value is -1.53. The first-order valence-electron chi connectivity index (χ1n) is 8.93. The molecule has 24 heavy (non-hydrogen) atoms. The smallest absolute Gasteiger partial charge is 0.315 e. The molecule has 1 saturated carbocycles. The second-order valence-corrected chi connectivity index (χ2v) is 7.47. The fourth-order valence-electron chi connectivity index (χ4n) is 3.60. The summed E-state index contributed by atoms with van der Waals surface area (Å²) in [5.41, 5.74) is -0.424. The van der Waals surface area contributed by atoms with Gasteiger partial charge in [-0.2, -0.15) is 0 Å². The molecule has 2 fully saturated rings. The number of nitrogens with zero attached hydrogens (tertiary/aromatic N) is 1. The molecule has 2 amide bonds. The number of piperidine rings is 1. The van der Waals surface area contributed by atoms with Crippen LogP contribution in [0.2, 0.25) is 0 Å². The number of likely N-dealkylation sites (tertiary alicyclic amines) is 1. The van der Waals surface area contributed by atoms with E-state index in [0.29, 0.717) is 5.76 Å². The quantitative estimate of drug-likeness (QED) is 0.769. The van der Waals surface area contributed by atoms with Gasteiger partial charge in [0, 0.05) is 30.7 Å². The molecule has 0 aromatic carbocycles. The van der Waals surface area contributed by atoms with Gasteiger partial charge in [-0.1, -0.05) is 0 Å². The molecule has 0 bridgehead atoms. The number of carbonyl (C=O) groups excluding carboxylic acids is 1. The van der Waals surface area contributed by atoms with E-state index in [0.717, 1.165) is 43.3 Å². The number of hydrogen-bond donors (Lipinski definition) is 3. The van der Waals surface area contributed by atoms with Crippen molar-refractivity contribution in [3.05, 3.63) is 23.2 Å². The van der Waals surface area contributed by atoms with Crippen molar-refractivity contribution in [2.24, 2.45) is 0 Å². The molecular formula is C18H29N3O3. The van der Waals surface area contributed by atoms with E-state index in [4.69, 9.17) is 4.42 Å². The van der Waals surface area contributed by atoms with Crippen LogP contribution in [0.4, 0.5) is 4.79 Å². The zero-order valence-corrected chi connectivity index (χ0v) is 14.9. The van der Waals surface area contributed by atoms with Crippen molar-refractivity contribution >= 4 is 6.03 Å². The molecule has 1 saturated heterocycles. The number of aliphatic hydroxyl groups is 1. The maximum atomic E-state index is 12.1. The monoisotopic (exact) mass is 335 g/mol. The van der Waals surface area contributed by atoms with Crippen molar-refractivity contribution in [2.75, 3.05) is 19.6 Å².